The Hall–Kier alpha value is -1.26. The van der Waals surface area contributed by atoms with Gasteiger partial charge >= 0.3 is 0 Å². The third-order valence-electron chi connectivity index (χ3n) is 5.22. The SMILES string of the molecule is COc1ccc(C(O)CO[C@@H]2C[C@H](C)CC[C@H]2C(C)C)cc1OC. The van der Waals surface area contributed by atoms with Gasteiger partial charge in [-0.2, -0.15) is 0 Å². The van der Waals surface area contributed by atoms with Gasteiger partial charge in [-0.3, -0.25) is 0 Å². The highest BCUT2D eigenvalue weighted by atomic mass is 16.5. The minimum atomic E-state index is -0.658. The molecule has 0 aromatic heterocycles. The lowest BCUT2D eigenvalue weighted by Crippen LogP contribution is -2.35. The summed E-state index contributed by atoms with van der Waals surface area (Å²) in [6.45, 7) is 7.14. The molecule has 2 rings (SSSR count). The number of aliphatic hydroxyl groups is 1. The van der Waals surface area contributed by atoms with Crippen LogP contribution in [0.5, 0.6) is 11.5 Å². The first kappa shape index (κ1) is 19.1. The van der Waals surface area contributed by atoms with Crippen molar-refractivity contribution < 1.29 is 19.3 Å². The second-order valence-electron chi connectivity index (χ2n) is 7.33. The zero-order chi connectivity index (χ0) is 17.7. The molecule has 136 valence electrons. The maximum absolute atomic E-state index is 10.5. The Bertz CT molecular complexity index is 514. The van der Waals surface area contributed by atoms with E-state index in [9.17, 15) is 5.11 Å². The van der Waals surface area contributed by atoms with Gasteiger partial charge in [-0.25, -0.2) is 0 Å². The van der Waals surface area contributed by atoms with Gasteiger partial charge in [-0.1, -0.05) is 33.3 Å². The molecule has 0 heterocycles. The van der Waals surface area contributed by atoms with Crippen molar-refractivity contribution in [1.82, 2.24) is 0 Å². The summed E-state index contributed by atoms with van der Waals surface area (Å²) < 4.78 is 16.7. The summed E-state index contributed by atoms with van der Waals surface area (Å²) in [6.07, 6.45) is 3.16. The summed E-state index contributed by atoms with van der Waals surface area (Å²) >= 11 is 0. The van der Waals surface area contributed by atoms with E-state index < -0.39 is 6.10 Å². The maximum atomic E-state index is 10.5. The highest BCUT2D eigenvalue weighted by Gasteiger charge is 2.31. The smallest absolute Gasteiger partial charge is 0.161 e. The fourth-order valence-corrected chi connectivity index (χ4v) is 3.68. The second kappa shape index (κ2) is 8.72. The largest absolute Gasteiger partial charge is 0.493 e. The minimum Gasteiger partial charge on any atom is -0.493 e. The molecule has 0 bridgehead atoms. The number of methoxy groups -OCH3 is 2. The lowest BCUT2D eigenvalue weighted by atomic mass is 9.75. The summed E-state index contributed by atoms with van der Waals surface area (Å²) in [5, 5.41) is 10.5. The monoisotopic (exact) mass is 336 g/mol. The average molecular weight is 336 g/mol. The highest BCUT2D eigenvalue weighted by molar-refractivity contribution is 5.43. The summed E-state index contributed by atoms with van der Waals surface area (Å²) in [7, 11) is 3.20. The number of aliphatic hydroxyl groups excluding tert-OH is 1. The zero-order valence-electron chi connectivity index (χ0n) is 15.6. The third kappa shape index (κ3) is 4.64. The van der Waals surface area contributed by atoms with Gasteiger partial charge in [-0.15, -0.1) is 0 Å². The Morgan fingerprint density at radius 3 is 2.46 bits per heavy atom. The van der Waals surface area contributed by atoms with E-state index in [1.165, 1.54) is 12.8 Å². The van der Waals surface area contributed by atoms with Crippen LogP contribution >= 0.6 is 0 Å². The van der Waals surface area contributed by atoms with Crippen molar-refractivity contribution in [2.24, 2.45) is 17.8 Å². The van der Waals surface area contributed by atoms with Crippen LogP contribution in [0.3, 0.4) is 0 Å². The first-order valence-electron chi connectivity index (χ1n) is 8.97. The Kier molecular flexibility index (Phi) is 6.93. The minimum absolute atomic E-state index is 0.239. The van der Waals surface area contributed by atoms with E-state index >= 15 is 0 Å². The Morgan fingerprint density at radius 2 is 1.83 bits per heavy atom. The molecule has 4 heteroatoms. The maximum Gasteiger partial charge on any atom is 0.161 e. The molecule has 1 unspecified atom stereocenters. The van der Waals surface area contributed by atoms with Crippen molar-refractivity contribution >= 4 is 0 Å². The number of ether oxygens (including phenoxy) is 3. The molecular formula is C20H32O4. The molecular weight excluding hydrogens is 304 g/mol. The molecule has 0 radical (unpaired) electrons. The van der Waals surface area contributed by atoms with Crippen LogP contribution in [-0.2, 0) is 4.74 Å². The van der Waals surface area contributed by atoms with Gasteiger partial charge in [0.25, 0.3) is 0 Å². The summed E-state index contributed by atoms with van der Waals surface area (Å²) in [6, 6.07) is 5.49. The average Bonchev–Trinajstić information content (AvgIpc) is 2.58. The van der Waals surface area contributed by atoms with Crippen molar-refractivity contribution in [1.29, 1.82) is 0 Å². The molecule has 1 aliphatic carbocycles. The van der Waals surface area contributed by atoms with Crippen LogP contribution in [0, 0.1) is 17.8 Å². The molecule has 0 aliphatic heterocycles. The number of benzene rings is 1. The summed E-state index contributed by atoms with van der Waals surface area (Å²) in [5.74, 6) is 3.18. The van der Waals surface area contributed by atoms with Crippen LogP contribution < -0.4 is 9.47 Å². The van der Waals surface area contributed by atoms with Gasteiger partial charge in [0.05, 0.1) is 26.9 Å². The first-order chi connectivity index (χ1) is 11.5. The molecule has 0 spiro atoms. The van der Waals surface area contributed by atoms with Gasteiger partial charge in [0.2, 0.25) is 0 Å². The standard InChI is InChI=1S/C20H32O4/c1-13(2)16-8-6-14(3)10-19(16)24-12-17(21)15-7-9-18(22-4)20(11-15)23-5/h7,9,11,13-14,16-17,19,21H,6,8,10,12H2,1-5H3/t14-,16+,17?,19-/m1/s1. The Balaban J connectivity index is 1.99. The number of hydrogen-bond acceptors (Lipinski definition) is 4. The molecule has 0 saturated heterocycles. The molecule has 24 heavy (non-hydrogen) atoms. The number of hydrogen-bond donors (Lipinski definition) is 1. The summed E-state index contributed by atoms with van der Waals surface area (Å²) in [4.78, 5) is 0. The quantitative estimate of drug-likeness (QED) is 0.810. The molecule has 1 N–H and O–H groups in total. The van der Waals surface area contributed by atoms with Gasteiger partial charge in [0.1, 0.15) is 6.10 Å². The Morgan fingerprint density at radius 1 is 1.12 bits per heavy atom. The van der Waals surface area contributed by atoms with Crippen molar-refractivity contribution in [3.8, 4) is 11.5 Å². The van der Waals surface area contributed by atoms with E-state index in [1.807, 2.05) is 18.2 Å². The van der Waals surface area contributed by atoms with Crippen LogP contribution in [0.25, 0.3) is 0 Å². The lowest BCUT2D eigenvalue weighted by Gasteiger charge is -2.37. The third-order valence-corrected chi connectivity index (χ3v) is 5.22. The van der Waals surface area contributed by atoms with E-state index in [1.54, 1.807) is 14.2 Å². The molecule has 1 aromatic carbocycles. The fraction of sp³-hybridized carbons (Fsp3) is 0.700. The molecule has 1 fully saturated rings. The molecule has 1 aliphatic rings. The first-order valence-corrected chi connectivity index (χ1v) is 8.97. The lowest BCUT2D eigenvalue weighted by molar-refractivity contribution is -0.0697. The van der Waals surface area contributed by atoms with E-state index in [4.69, 9.17) is 14.2 Å². The van der Waals surface area contributed by atoms with Gasteiger partial charge in [-0.05, 0) is 48.3 Å². The van der Waals surface area contributed by atoms with Crippen LogP contribution in [0.15, 0.2) is 18.2 Å². The van der Waals surface area contributed by atoms with Crippen LogP contribution in [0.4, 0.5) is 0 Å². The van der Waals surface area contributed by atoms with E-state index in [2.05, 4.69) is 20.8 Å². The van der Waals surface area contributed by atoms with Crippen LogP contribution in [-0.4, -0.2) is 32.0 Å². The highest BCUT2D eigenvalue weighted by Crippen LogP contribution is 2.36. The normalized spacial score (nSPS) is 25.5. The molecule has 4 nitrogen and oxygen atoms in total. The van der Waals surface area contributed by atoms with Gasteiger partial charge in [0, 0.05) is 0 Å². The molecule has 4 atom stereocenters. The van der Waals surface area contributed by atoms with Crippen LogP contribution in [0.1, 0.15) is 51.7 Å². The number of rotatable bonds is 7. The molecule has 1 aromatic rings. The van der Waals surface area contributed by atoms with E-state index in [0.29, 0.717) is 35.9 Å². The summed E-state index contributed by atoms with van der Waals surface area (Å²) in [5.41, 5.74) is 0.789. The van der Waals surface area contributed by atoms with Gasteiger partial charge < -0.3 is 19.3 Å². The van der Waals surface area contributed by atoms with Crippen molar-refractivity contribution in [2.75, 3.05) is 20.8 Å². The topological polar surface area (TPSA) is 47.9 Å². The second-order valence-corrected chi connectivity index (χ2v) is 7.33. The van der Waals surface area contributed by atoms with E-state index in [-0.39, 0.29) is 6.10 Å². The van der Waals surface area contributed by atoms with Crippen molar-refractivity contribution in [3.05, 3.63) is 23.8 Å². The predicted molar refractivity (Wildman–Crippen MR) is 95.6 cm³/mol. The molecule has 1 saturated carbocycles. The van der Waals surface area contributed by atoms with E-state index in [0.717, 1.165) is 12.0 Å². The van der Waals surface area contributed by atoms with Crippen molar-refractivity contribution in [2.45, 2.75) is 52.2 Å². The zero-order valence-corrected chi connectivity index (χ0v) is 15.6. The fourth-order valence-electron chi connectivity index (χ4n) is 3.68. The van der Waals surface area contributed by atoms with Crippen LogP contribution in [0.2, 0.25) is 0 Å². The van der Waals surface area contributed by atoms with Crippen molar-refractivity contribution in [3.63, 3.8) is 0 Å². The molecule has 0 amide bonds. The van der Waals surface area contributed by atoms with Gasteiger partial charge in [0.15, 0.2) is 11.5 Å². The Labute approximate surface area is 146 Å². The predicted octanol–water partition coefficient (Wildman–Crippen LogP) is 4.21.